The fraction of sp³-hybridized carbons (Fsp3) is 0.250. The van der Waals surface area contributed by atoms with Crippen LogP contribution in [0.1, 0.15) is 11.1 Å². The van der Waals surface area contributed by atoms with E-state index in [0.717, 1.165) is 16.5 Å². The number of benzene rings is 1. The molecule has 0 saturated carbocycles. The molecule has 2 aromatic rings. The summed E-state index contributed by atoms with van der Waals surface area (Å²) < 4.78 is 1.66. The molecule has 0 radical (unpaired) electrons. The van der Waals surface area contributed by atoms with Crippen molar-refractivity contribution in [2.45, 2.75) is 13.5 Å². The van der Waals surface area contributed by atoms with Crippen LogP contribution in [0.2, 0.25) is 0 Å². The highest BCUT2D eigenvalue weighted by molar-refractivity contribution is 5.80. The lowest BCUT2D eigenvalue weighted by Gasteiger charge is -2.08. The zero-order chi connectivity index (χ0) is 11.0. The van der Waals surface area contributed by atoms with Crippen LogP contribution in [0.4, 0.5) is 0 Å². The second-order valence-corrected chi connectivity index (χ2v) is 3.80. The predicted octanol–water partition coefficient (Wildman–Crippen LogP) is 1.31. The molecule has 1 aromatic carbocycles. The molecule has 1 aromatic heterocycles. The summed E-state index contributed by atoms with van der Waals surface area (Å²) in [4.78, 5) is 11.8. The van der Waals surface area contributed by atoms with Crippen molar-refractivity contribution >= 4 is 10.9 Å². The average molecular weight is 202 g/mol. The molecule has 0 aliphatic rings. The molecule has 3 nitrogen and oxygen atoms in total. The highest BCUT2D eigenvalue weighted by atomic mass is 16.1. The second-order valence-electron chi connectivity index (χ2n) is 3.80. The van der Waals surface area contributed by atoms with Gasteiger partial charge in [0.1, 0.15) is 0 Å². The molecule has 0 fully saturated rings. The van der Waals surface area contributed by atoms with E-state index in [1.54, 1.807) is 11.6 Å². The molecule has 3 heteroatoms. The number of aromatic nitrogens is 1. The van der Waals surface area contributed by atoms with Crippen LogP contribution in [0.5, 0.6) is 0 Å². The first kappa shape index (κ1) is 9.93. The summed E-state index contributed by atoms with van der Waals surface area (Å²) in [6, 6.07) is 7.94. The Kier molecular flexibility index (Phi) is 2.32. The molecular weight excluding hydrogens is 188 g/mol. The van der Waals surface area contributed by atoms with E-state index in [0.29, 0.717) is 5.56 Å². The summed E-state index contributed by atoms with van der Waals surface area (Å²) >= 11 is 0. The van der Waals surface area contributed by atoms with Crippen molar-refractivity contribution < 1.29 is 0 Å². The third kappa shape index (κ3) is 1.55. The topological polar surface area (TPSA) is 48.0 Å². The van der Waals surface area contributed by atoms with Gasteiger partial charge in [0, 0.05) is 19.2 Å². The Morgan fingerprint density at radius 3 is 2.73 bits per heavy atom. The number of nitrogens with zero attached hydrogens (tertiary/aromatic N) is 1. The van der Waals surface area contributed by atoms with Crippen LogP contribution in [-0.2, 0) is 13.6 Å². The first-order valence-electron chi connectivity index (χ1n) is 4.93. The number of pyridine rings is 1. The molecule has 1 heterocycles. The largest absolute Gasteiger partial charge is 0.326 e. The Morgan fingerprint density at radius 2 is 2.07 bits per heavy atom. The highest BCUT2D eigenvalue weighted by Crippen LogP contribution is 2.14. The second kappa shape index (κ2) is 3.51. The van der Waals surface area contributed by atoms with Gasteiger partial charge in [0.2, 0.25) is 0 Å². The molecule has 2 rings (SSSR count). The van der Waals surface area contributed by atoms with Gasteiger partial charge in [0.25, 0.3) is 5.56 Å². The molecule has 0 amide bonds. The van der Waals surface area contributed by atoms with Crippen molar-refractivity contribution in [3.63, 3.8) is 0 Å². The average Bonchev–Trinajstić information content (AvgIpc) is 2.24. The van der Waals surface area contributed by atoms with Crippen LogP contribution in [0.25, 0.3) is 10.9 Å². The van der Waals surface area contributed by atoms with Gasteiger partial charge >= 0.3 is 0 Å². The summed E-state index contributed by atoms with van der Waals surface area (Å²) in [7, 11) is 1.78. The maximum atomic E-state index is 11.8. The molecule has 0 bridgehead atoms. The van der Waals surface area contributed by atoms with E-state index in [4.69, 9.17) is 5.73 Å². The monoisotopic (exact) mass is 202 g/mol. The standard InChI is InChI=1S/C12H14N2O/c1-8-3-4-9-6-10(7-13)12(15)14(2)11(9)5-8/h3-6H,7,13H2,1-2H3. The summed E-state index contributed by atoms with van der Waals surface area (Å²) in [6.45, 7) is 2.30. The summed E-state index contributed by atoms with van der Waals surface area (Å²) in [6.07, 6.45) is 0. The van der Waals surface area contributed by atoms with Crippen molar-refractivity contribution in [2.75, 3.05) is 0 Å². The lowest BCUT2D eigenvalue weighted by Crippen LogP contribution is -2.23. The van der Waals surface area contributed by atoms with Crippen molar-refractivity contribution in [3.8, 4) is 0 Å². The quantitative estimate of drug-likeness (QED) is 0.757. The Balaban J connectivity index is 2.91. The third-order valence-corrected chi connectivity index (χ3v) is 2.68. The van der Waals surface area contributed by atoms with E-state index >= 15 is 0 Å². The Morgan fingerprint density at radius 1 is 1.33 bits per heavy atom. The Bertz CT molecular complexity index is 570. The van der Waals surface area contributed by atoms with E-state index in [1.165, 1.54) is 0 Å². The minimum absolute atomic E-state index is 0.00407. The van der Waals surface area contributed by atoms with Crippen LogP contribution >= 0.6 is 0 Å². The fourth-order valence-corrected chi connectivity index (χ4v) is 1.79. The summed E-state index contributed by atoms with van der Waals surface area (Å²) in [5.41, 5.74) is 8.29. The number of hydrogen-bond donors (Lipinski definition) is 1. The van der Waals surface area contributed by atoms with Gasteiger partial charge in [-0.1, -0.05) is 12.1 Å². The van der Waals surface area contributed by atoms with Crippen LogP contribution in [0, 0.1) is 6.92 Å². The Hall–Kier alpha value is -1.61. The maximum absolute atomic E-state index is 11.8. The first-order chi connectivity index (χ1) is 7.13. The predicted molar refractivity (Wildman–Crippen MR) is 61.8 cm³/mol. The normalized spacial score (nSPS) is 10.9. The summed E-state index contributed by atoms with van der Waals surface area (Å²) in [5, 5.41) is 1.06. The smallest absolute Gasteiger partial charge is 0.255 e. The van der Waals surface area contributed by atoms with E-state index < -0.39 is 0 Å². The molecule has 2 N–H and O–H groups in total. The molecule has 0 saturated heterocycles. The van der Waals surface area contributed by atoms with Gasteiger partial charge in [0.05, 0.1) is 5.52 Å². The minimum Gasteiger partial charge on any atom is -0.326 e. The van der Waals surface area contributed by atoms with Gasteiger partial charge in [-0.15, -0.1) is 0 Å². The lowest BCUT2D eigenvalue weighted by molar-refractivity contribution is 0.869. The van der Waals surface area contributed by atoms with Crippen molar-refractivity contribution in [1.29, 1.82) is 0 Å². The minimum atomic E-state index is -0.00407. The molecule has 0 aliphatic carbocycles. The summed E-state index contributed by atoms with van der Waals surface area (Å²) in [5.74, 6) is 0. The zero-order valence-electron chi connectivity index (χ0n) is 8.95. The highest BCUT2D eigenvalue weighted by Gasteiger charge is 2.04. The van der Waals surface area contributed by atoms with Crippen LogP contribution in [-0.4, -0.2) is 4.57 Å². The lowest BCUT2D eigenvalue weighted by atomic mass is 10.1. The van der Waals surface area contributed by atoms with Crippen LogP contribution < -0.4 is 11.3 Å². The van der Waals surface area contributed by atoms with E-state index in [2.05, 4.69) is 0 Å². The molecule has 78 valence electrons. The van der Waals surface area contributed by atoms with Crippen molar-refractivity contribution in [3.05, 3.63) is 45.7 Å². The van der Waals surface area contributed by atoms with Gasteiger partial charge < -0.3 is 10.3 Å². The van der Waals surface area contributed by atoms with Gasteiger partial charge in [0.15, 0.2) is 0 Å². The SMILES string of the molecule is Cc1ccc2cc(CN)c(=O)n(C)c2c1. The van der Waals surface area contributed by atoms with Gasteiger partial charge in [-0.2, -0.15) is 0 Å². The van der Waals surface area contributed by atoms with Crippen LogP contribution in [0.3, 0.4) is 0 Å². The zero-order valence-corrected chi connectivity index (χ0v) is 8.95. The number of nitrogens with two attached hydrogens (primary N) is 1. The third-order valence-electron chi connectivity index (χ3n) is 2.68. The molecular formula is C12H14N2O. The van der Waals surface area contributed by atoms with E-state index in [-0.39, 0.29) is 12.1 Å². The Labute approximate surface area is 88.1 Å². The number of aryl methyl sites for hydroxylation is 2. The number of hydrogen-bond acceptors (Lipinski definition) is 2. The number of rotatable bonds is 1. The van der Waals surface area contributed by atoms with Gasteiger partial charge in [-0.05, 0) is 30.0 Å². The van der Waals surface area contributed by atoms with Gasteiger partial charge in [-0.3, -0.25) is 4.79 Å². The fourth-order valence-electron chi connectivity index (χ4n) is 1.79. The molecule has 0 aliphatic heterocycles. The first-order valence-corrected chi connectivity index (χ1v) is 4.93. The number of fused-ring (bicyclic) bond motifs is 1. The molecule has 0 unspecified atom stereocenters. The molecule has 0 atom stereocenters. The van der Waals surface area contributed by atoms with Crippen LogP contribution in [0.15, 0.2) is 29.1 Å². The van der Waals surface area contributed by atoms with Crippen molar-refractivity contribution in [2.24, 2.45) is 12.8 Å². The van der Waals surface area contributed by atoms with Gasteiger partial charge in [-0.25, -0.2) is 0 Å². The van der Waals surface area contributed by atoms with E-state index in [9.17, 15) is 4.79 Å². The van der Waals surface area contributed by atoms with E-state index in [1.807, 2.05) is 31.2 Å². The molecule has 0 spiro atoms. The van der Waals surface area contributed by atoms with Crippen molar-refractivity contribution in [1.82, 2.24) is 4.57 Å². The maximum Gasteiger partial charge on any atom is 0.255 e. The molecule has 15 heavy (non-hydrogen) atoms.